The first kappa shape index (κ1) is 29.8. The third-order valence-electron chi connectivity index (χ3n) is 8.18. The molecule has 13 heteroatoms. The van der Waals surface area contributed by atoms with Gasteiger partial charge in [0, 0.05) is 22.9 Å². The summed E-state index contributed by atoms with van der Waals surface area (Å²) in [5.74, 6) is -0.258. The standard InChI is InChI=1S/C32H29F3N8O2/c33-32(34,35)22-7-3-20(4-8-22)30(44)40-23-9-5-19(6-10-23)27-26-28(37)38-17-39-29(26)43(42-27)25-13-11-24(12-14-25)41-31(45)21(16-36)15-18-1-2-18/h3-10,15,17-18,24-25H,1-2,11-14H2,(H,40,44)(H,41,45)(H2,37,38,39). The number of amides is 2. The van der Waals surface area contributed by atoms with Crippen molar-refractivity contribution in [1.82, 2.24) is 25.1 Å². The molecular formula is C32H29F3N8O2. The first-order valence-electron chi connectivity index (χ1n) is 14.6. The highest BCUT2D eigenvalue weighted by Crippen LogP contribution is 2.37. The molecule has 2 saturated carbocycles. The zero-order chi connectivity index (χ0) is 31.7. The van der Waals surface area contributed by atoms with Gasteiger partial charge in [0.05, 0.1) is 17.0 Å². The van der Waals surface area contributed by atoms with E-state index < -0.39 is 17.6 Å². The van der Waals surface area contributed by atoms with E-state index in [2.05, 4.69) is 20.6 Å². The Morgan fingerprint density at radius 3 is 2.29 bits per heavy atom. The number of aromatic nitrogens is 4. The first-order chi connectivity index (χ1) is 21.6. The van der Waals surface area contributed by atoms with Crippen LogP contribution in [0.4, 0.5) is 24.7 Å². The maximum absolute atomic E-state index is 12.9. The van der Waals surface area contributed by atoms with Gasteiger partial charge in [-0.25, -0.2) is 14.6 Å². The summed E-state index contributed by atoms with van der Waals surface area (Å²) < 4.78 is 40.4. The van der Waals surface area contributed by atoms with Crippen LogP contribution < -0.4 is 16.4 Å². The number of benzene rings is 2. The number of nitrogens with two attached hydrogens (primary N) is 1. The van der Waals surface area contributed by atoms with Gasteiger partial charge < -0.3 is 16.4 Å². The minimum atomic E-state index is -4.48. The lowest BCUT2D eigenvalue weighted by molar-refractivity contribution is -0.137. The van der Waals surface area contributed by atoms with Gasteiger partial charge in [-0.3, -0.25) is 9.59 Å². The molecule has 2 amide bonds. The van der Waals surface area contributed by atoms with Gasteiger partial charge in [0.25, 0.3) is 11.8 Å². The predicted octanol–water partition coefficient (Wildman–Crippen LogP) is 5.81. The van der Waals surface area contributed by atoms with E-state index in [0.717, 1.165) is 49.9 Å². The summed E-state index contributed by atoms with van der Waals surface area (Å²) >= 11 is 0. The molecule has 10 nitrogen and oxygen atoms in total. The second-order valence-corrected chi connectivity index (χ2v) is 11.4. The normalized spacial score (nSPS) is 18.8. The highest BCUT2D eigenvalue weighted by molar-refractivity contribution is 6.04. The molecule has 230 valence electrons. The highest BCUT2D eigenvalue weighted by Gasteiger charge is 2.31. The third kappa shape index (κ3) is 6.50. The fourth-order valence-electron chi connectivity index (χ4n) is 5.57. The molecule has 2 heterocycles. The Kier molecular flexibility index (Phi) is 7.97. The smallest absolute Gasteiger partial charge is 0.383 e. The van der Waals surface area contributed by atoms with Crippen molar-refractivity contribution in [3.8, 4) is 17.3 Å². The Morgan fingerprint density at radius 2 is 1.67 bits per heavy atom. The Labute approximate surface area is 256 Å². The number of carbonyl (C=O) groups is 2. The van der Waals surface area contributed by atoms with Crippen LogP contribution in [0.1, 0.15) is 60.5 Å². The minimum Gasteiger partial charge on any atom is -0.383 e. The van der Waals surface area contributed by atoms with Crippen molar-refractivity contribution in [1.29, 1.82) is 5.26 Å². The number of nitrogens with one attached hydrogen (secondary N) is 2. The summed E-state index contributed by atoms with van der Waals surface area (Å²) in [6.07, 6.45) is 3.59. The monoisotopic (exact) mass is 614 g/mol. The van der Waals surface area contributed by atoms with E-state index in [1.54, 1.807) is 30.3 Å². The van der Waals surface area contributed by atoms with E-state index in [-0.39, 0.29) is 34.9 Å². The lowest BCUT2D eigenvalue weighted by Crippen LogP contribution is -2.38. The van der Waals surface area contributed by atoms with Crippen molar-refractivity contribution in [2.75, 3.05) is 11.1 Å². The van der Waals surface area contributed by atoms with Crippen LogP contribution in [-0.2, 0) is 11.0 Å². The topological polar surface area (TPSA) is 152 Å². The quantitative estimate of drug-likeness (QED) is 0.176. The number of halogens is 3. The van der Waals surface area contributed by atoms with Crippen molar-refractivity contribution in [2.45, 2.75) is 56.8 Å². The molecule has 2 aromatic heterocycles. The first-order valence-corrected chi connectivity index (χ1v) is 14.6. The molecule has 0 spiro atoms. The van der Waals surface area contributed by atoms with E-state index in [9.17, 15) is 28.0 Å². The van der Waals surface area contributed by atoms with Gasteiger partial charge in [0.2, 0.25) is 0 Å². The maximum atomic E-state index is 12.9. The number of nitrogen functional groups attached to an aromatic ring is 1. The second kappa shape index (κ2) is 12.0. The number of nitriles is 1. The number of hydrogen-bond acceptors (Lipinski definition) is 7. The van der Waals surface area contributed by atoms with Crippen molar-refractivity contribution in [3.05, 3.63) is 77.6 Å². The number of carbonyl (C=O) groups excluding carboxylic acids is 2. The van der Waals surface area contributed by atoms with Gasteiger partial charge in [-0.1, -0.05) is 18.2 Å². The number of allylic oxidation sites excluding steroid dienone is 1. The van der Waals surface area contributed by atoms with Crippen LogP contribution in [0.5, 0.6) is 0 Å². The van der Waals surface area contributed by atoms with Crippen LogP contribution in [0.25, 0.3) is 22.3 Å². The maximum Gasteiger partial charge on any atom is 0.416 e. The largest absolute Gasteiger partial charge is 0.416 e. The van der Waals surface area contributed by atoms with Crippen LogP contribution in [0.3, 0.4) is 0 Å². The molecule has 0 bridgehead atoms. The number of anilines is 2. The molecule has 6 rings (SSSR count). The number of fused-ring (bicyclic) bond motifs is 1. The summed E-state index contributed by atoms with van der Waals surface area (Å²) in [6, 6.07) is 12.8. The van der Waals surface area contributed by atoms with Gasteiger partial charge in [-0.15, -0.1) is 0 Å². The molecule has 2 aromatic carbocycles. The van der Waals surface area contributed by atoms with Crippen LogP contribution in [0.15, 0.2) is 66.5 Å². The fraction of sp³-hybridized carbons (Fsp3) is 0.312. The second-order valence-electron chi connectivity index (χ2n) is 11.4. The SMILES string of the molecule is N#CC(=CC1CC1)C(=O)NC1CCC(n2nc(-c3ccc(NC(=O)c4ccc(C(F)(F)F)cc4)cc3)c3c(N)ncnc32)CC1. The van der Waals surface area contributed by atoms with Gasteiger partial charge >= 0.3 is 6.18 Å². The summed E-state index contributed by atoms with van der Waals surface area (Å²) in [5, 5.41) is 20.6. The summed E-state index contributed by atoms with van der Waals surface area (Å²) in [7, 11) is 0. The molecule has 0 unspecified atom stereocenters. The molecule has 0 radical (unpaired) electrons. The van der Waals surface area contributed by atoms with Gasteiger partial charge in [-0.2, -0.15) is 23.5 Å². The Bertz CT molecular complexity index is 1810. The molecule has 4 N–H and O–H groups in total. The Balaban J connectivity index is 1.16. The van der Waals surface area contributed by atoms with Crippen molar-refractivity contribution in [3.63, 3.8) is 0 Å². The van der Waals surface area contributed by atoms with E-state index >= 15 is 0 Å². The Morgan fingerprint density at radius 1 is 0.978 bits per heavy atom. The number of alkyl halides is 3. The molecule has 45 heavy (non-hydrogen) atoms. The molecule has 4 aromatic rings. The third-order valence-corrected chi connectivity index (χ3v) is 8.18. The van der Waals surface area contributed by atoms with Gasteiger partial charge in [-0.05, 0) is 80.8 Å². The minimum absolute atomic E-state index is 0.00319. The van der Waals surface area contributed by atoms with Crippen LogP contribution in [0, 0.1) is 17.2 Å². The van der Waals surface area contributed by atoms with Crippen molar-refractivity contribution < 1.29 is 22.8 Å². The lowest BCUT2D eigenvalue weighted by atomic mass is 9.91. The molecule has 0 atom stereocenters. The van der Waals surface area contributed by atoms with E-state index in [1.807, 2.05) is 10.8 Å². The highest BCUT2D eigenvalue weighted by atomic mass is 19.4. The molecule has 2 aliphatic rings. The molecule has 2 fully saturated rings. The average molecular weight is 615 g/mol. The molecular weight excluding hydrogens is 585 g/mol. The summed E-state index contributed by atoms with van der Waals surface area (Å²) in [5.41, 5.74) is 8.04. The number of hydrogen-bond donors (Lipinski definition) is 3. The van der Waals surface area contributed by atoms with E-state index in [1.165, 1.54) is 6.33 Å². The van der Waals surface area contributed by atoms with Crippen LogP contribution >= 0.6 is 0 Å². The van der Waals surface area contributed by atoms with E-state index in [4.69, 9.17) is 10.8 Å². The molecule has 2 aliphatic carbocycles. The van der Waals surface area contributed by atoms with Crippen molar-refractivity contribution in [2.24, 2.45) is 5.92 Å². The Hall–Kier alpha value is -5.25. The number of nitrogens with zero attached hydrogens (tertiary/aromatic N) is 5. The van der Waals surface area contributed by atoms with Crippen LogP contribution in [0.2, 0.25) is 0 Å². The summed E-state index contributed by atoms with van der Waals surface area (Å²) in [6.45, 7) is 0. The van der Waals surface area contributed by atoms with Gasteiger partial charge in [0.15, 0.2) is 5.65 Å². The zero-order valence-electron chi connectivity index (χ0n) is 24.0. The van der Waals surface area contributed by atoms with Crippen LogP contribution in [-0.4, -0.2) is 37.6 Å². The van der Waals surface area contributed by atoms with Crippen molar-refractivity contribution >= 4 is 34.4 Å². The fourth-order valence-corrected chi connectivity index (χ4v) is 5.57. The molecule has 0 aliphatic heterocycles. The lowest BCUT2D eigenvalue weighted by Gasteiger charge is -2.29. The zero-order valence-corrected chi connectivity index (χ0v) is 24.0. The summed E-state index contributed by atoms with van der Waals surface area (Å²) in [4.78, 5) is 33.9. The average Bonchev–Trinajstić information content (AvgIpc) is 3.77. The predicted molar refractivity (Wildman–Crippen MR) is 160 cm³/mol. The molecule has 0 saturated heterocycles. The number of rotatable bonds is 7. The van der Waals surface area contributed by atoms with Gasteiger partial charge in [0.1, 0.15) is 29.5 Å². The van der Waals surface area contributed by atoms with E-state index in [0.29, 0.717) is 46.7 Å².